The molecule has 20 heavy (non-hydrogen) atoms. The Hall–Kier alpha value is -0.0200. The van der Waals surface area contributed by atoms with Crippen molar-refractivity contribution in [3.63, 3.8) is 0 Å². The van der Waals surface area contributed by atoms with E-state index in [0.29, 0.717) is 0 Å². The first kappa shape index (κ1) is 18.0. The molecule has 2 rings (SSSR count). The maximum atomic E-state index is 4.60. The summed E-state index contributed by atoms with van der Waals surface area (Å²) in [6.07, 6.45) is 5.69. The molecule has 0 atom stereocenters. The summed E-state index contributed by atoms with van der Waals surface area (Å²) >= 11 is 3.54. The van der Waals surface area contributed by atoms with Crippen molar-refractivity contribution < 1.29 is 0 Å². The van der Waals surface area contributed by atoms with Crippen LogP contribution in [0.2, 0.25) is 0 Å². The highest BCUT2D eigenvalue weighted by molar-refractivity contribution is 14.0. The van der Waals surface area contributed by atoms with Gasteiger partial charge in [0.25, 0.3) is 0 Å². The van der Waals surface area contributed by atoms with E-state index in [0.717, 1.165) is 48.0 Å². The quantitative estimate of drug-likeness (QED) is 0.220. The van der Waals surface area contributed by atoms with E-state index in [-0.39, 0.29) is 24.0 Å². The fraction of sp³-hybridized carbons (Fsp3) is 0.692. The molecule has 1 fully saturated rings. The molecule has 1 aromatic rings. The maximum absolute atomic E-state index is 4.60. The van der Waals surface area contributed by atoms with Gasteiger partial charge in [-0.2, -0.15) is 0 Å². The van der Waals surface area contributed by atoms with Crippen LogP contribution in [0, 0.1) is 5.92 Å². The number of thiazole rings is 1. The summed E-state index contributed by atoms with van der Waals surface area (Å²) in [5.74, 6) is 2.91. The van der Waals surface area contributed by atoms with Crippen LogP contribution in [0.25, 0.3) is 0 Å². The number of rotatable bonds is 8. The summed E-state index contributed by atoms with van der Waals surface area (Å²) in [6, 6.07) is 0. The number of hydrogen-bond acceptors (Lipinski definition) is 4. The van der Waals surface area contributed by atoms with Gasteiger partial charge in [0.2, 0.25) is 0 Å². The van der Waals surface area contributed by atoms with E-state index in [1.54, 1.807) is 11.3 Å². The number of thioether (sulfide) groups is 1. The Morgan fingerprint density at radius 2 is 2.35 bits per heavy atom. The summed E-state index contributed by atoms with van der Waals surface area (Å²) in [6.45, 7) is 4.97. The summed E-state index contributed by atoms with van der Waals surface area (Å²) in [4.78, 5) is 8.86. The van der Waals surface area contributed by atoms with Crippen molar-refractivity contribution >= 4 is 53.0 Å². The molecule has 1 saturated carbocycles. The molecule has 0 spiro atoms. The van der Waals surface area contributed by atoms with Gasteiger partial charge >= 0.3 is 0 Å². The average Bonchev–Trinajstić information content (AvgIpc) is 3.10. The second-order valence-corrected chi connectivity index (χ2v) is 6.83. The van der Waals surface area contributed by atoms with Crippen LogP contribution in [-0.2, 0) is 0 Å². The zero-order chi connectivity index (χ0) is 13.3. The molecule has 1 heterocycles. The van der Waals surface area contributed by atoms with Crippen LogP contribution in [0.15, 0.2) is 20.9 Å². The molecule has 1 aromatic heterocycles. The van der Waals surface area contributed by atoms with Gasteiger partial charge in [0.1, 0.15) is 4.34 Å². The third-order valence-corrected chi connectivity index (χ3v) is 4.85. The number of aromatic nitrogens is 1. The fourth-order valence-corrected chi connectivity index (χ4v) is 3.23. The van der Waals surface area contributed by atoms with Crippen molar-refractivity contribution in [3.05, 3.63) is 11.6 Å². The van der Waals surface area contributed by atoms with Gasteiger partial charge in [0.05, 0.1) is 0 Å². The van der Waals surface area contributed by atoms with Crippen LogP contribution in [0.1, 0.15) is 26.2 Å². The van der Waals surface area contributed by atoms with Crippen molar-refractivity contribution in [1.29, 1.82) is 0 Å². The lowest BCUT2D eigenvalue weighted by atomic mass is 10.4. The van der Waals surface area contributed by atoms with Crippen molar-refractivity contribution in [1.82, 2.24) is 15.6 Å². The first-order chi connectivity index (χ1) is 9.38. The second-order valence-electron chi connectivity index (χ2n) is 4.59. The predicted octanol–water partition coefficient (Wildman–Crippen LogP) is 3.21. The molecule has 0 aliphatic heterocycles. The fourth-order valence-electron chi connectivity index (χ4n) is 1.58. The van der Waals surface area contributed by atoms with Crippen LogP contribution in [-0.4, -0.2) is 36.3 Å². The topological polar surface area (TPSA) is 49.3 Å². The van der Waals surface area contributed by atoms with Crippen molar-refractivity contribution in [2.75, 3.05) is 25.4 Å². The standard InChI is InChI=1S/C13H22N4S2.HI/c1-2-14-12(17-10-11-4-5-11)15-6-3-8-18-13-16-7-9-19-13;/h7,9,11H,2-6,8,10H2,1H3,(H2,14,15,17);1H. The smallest absolute Gasteiger partial charge is 0.191 e. The van der Waals surface area contributed by atoms with Crippen molar-refractivity contribution in [3.8, 4) is 0 Å². The van der Waals surface area contributed by atoms with Crippen molar-refractivity contribution in [2.24, 2.45) is 10.9 Å². The monoisotopic (exact) mass is 426 g/mol. The van der Waals surface area contributed by atoms with Gasteiger partial charge in [-0.05, 0) is 32.1 Å². The van der Waals surface area contributed by atoms with Gasteiger partial charge in [0.15, 0.2) is 5.96 Å². The zero-order valence-corrected chi connectivity index (χ0v) is 15.8. The molecule has 1 aliphatic rings. The van der Waals surface area contributed by atoms with E-state index in [1.165, 1.54) is 12.8 Å². The lowest BCUT2D eigenvalue weighted by Crippen LogP contribution is -2.38. The van der Waals surface area contributed by atoms with E-state index in [9.17, 15) is 0 Å². The van der Waals surface area contributed by atoms with Crippen LogP contribution in [0.4, 0.5) is 0 Å². The molecular formula is C13H23IN4S2. The molecule has 0 aromatic carbocycles. The third-order valence-electron chi connectivity index (χ3n) is 2.80. The Balaban J connectivity index is 0.00000200. The van der Waals surface area contributed by atoms with Crippen LogP contribution in [0.3, 0.4) is 0 Å². The first-order valence-electron chi connectivity index (χ1n) is 6.93. The molecule has 7 heteroatoms. The highest BCUT2D eigenvalue weighted by Gasteiger charge is 2.20. The minimum Gasteiger partial charge on any atom is -0.357 e. The molecule has 114 valence electrons. The van der Waals surface area contributed by atoms with E-state index in [4.69, 9.17) is 0 Å². The third kappa shape index (κ3) is 7.68. The first-order valence-corrected chi connectivity index (χ1v) is 8.79. The Morgan fingerprint density at radius 3 is 3.00 bits per heavy atom. The molecule has 0 saturated heterocycles. The van der Waals surface area contributed by atoms with E-state index in [2.05, 4.69) is 27.5 Å². The predicted molar refractivity (Wildman–Crippen MR) is 99.6 cm³/mol. The highest BCUT2D eigenvalue weighted by atomic mass is 127. The van der Waals surface area contributed by atoms with Crippen LogP contribution < -0.4 is 10.6 Å². The number of halogens is 1. The molecule has 4 nitrogen and oxygen atoms in total. The maximum Gasteiger partial charge on any atom is 0.191 e. The molecule has 0 radical (unpaired) electrons. The van der Waals surface area contributed by atoms with Gasteiger partial charge < -0.3 is 10.6 Å². The Kier molecular flexibility index (Phi) is 9.62. The average molecular weight is 426 g/mol. The normalized spacial score (nSPS) is 14.8. The lowest BCUT2D eigenvalue weighted by Gasteiger charge is -2.10. The summed E-state index contributed by atoms with van der Waals surface area (Å²) in [5.41, 5.74) is 0. The number of nitrogens with zero attached hydrogens (tertiary/aromatic N) is 2. The summed E-state index contributed by atoms with van der Waals surface area (Å²) in [7, 11) is 0. The highest BCUT2D eigenvalue weighted by Crippen LogP contribution is 2.28. The van der Waals surface area contributed by atoms with Crippen LogP contribution >= 0.6 is 47.1 Å². The summed E-state index contributed by atoms with van der Waals surface area (Å²) < 4.78 is 1.16. The minimum atomic E-state index is 0. The molecule has 0 bridgehead atoms. The number of guanidine groups is 1. The van der Waals surface area contributed by atoms with Crippen LogP contribution in [0.5, 0.6) is 0 Å². The van der Waals surface area contributed by atoms with E-state index < -0.39 is 0 Å². The molecule has 2 N–H and O–H groups in total. The largest absolute Gasteiger partial charge is 0.357 e. The lowest BCUT2D eigenvalue weighted by molar-refractivity contribution is 0.770. The Morgan fingerprint density at radius 1 is 1.50 bits per heavy atom. The number of aliphatic imine (C=N–C) groups is 1. The van der Waals surface area contributed by atoms with Gasteiger partial charge in [-0.15, -0.1) is 35.3 Å². The zero-order valence-electron chi connectivity index (χ0n) is 11.8. The van der Waals surface area contributed by atoms with Gasteiger partial charge in [-0.3, -0.25) is 4.99 Å². The SMILES string of the molecule is CCNC(=NCC1CC1)NCCCSc1nccs1.I. The number of hydrogen-bond donors (Lipinski definition) is 2. The number of nitrogens with one attached hydrogen (secondary N) is 2. The van der Waals surface area contributed by atoms with Gasteiger partial charge in [-0.25, -0.2) is 4.98 Å². The molecular weight excluding hydrogens is 403 g/mol. The van der Waals surface area contributed by atoms with Gasteiger partial charge in [-0.1, -0.05) is 11.8 Å². The molecule has 0 unspecified atom stereocenters. The molecule has 1 aliphatic carbocycles. The minimum absolute atomic E-state index is 0. The van der Waals surface area contributed by atoms with E-state index >= 15 is 0 Å². The van der Waals surface area contributed by atoms with E-state index in [1.807, 2.05) is 23.3 Å². The second kappa shape index (κ2) is 10.7. The van der Waals surface area contributed by atoms with Gasteiger partial charge in [0, 0.05) is 37.0 Å². The molecule has 0 amide bonds. The summed E-state index contributed by atoms with van der Waals surface area (Å²) in [5, 5.41) is 8.71. The Bertz CT molecular complexity index is 380. The van der Waals surface area contributed by atoms with Crippen molar-refractivity contribution in [2.45, 2.75) is 30.5 Å². The Labute approximate surface area is 146 Å².